The zero-order chi connectivity index (χ0) is 10.6. The number of hydrogen-bond acceptors (Lipinski definition) is 3. The number of H-pyrrole nitrogens is 1. The normalized spacial score (nSPS) is 10.6. The molecule has 78 valence electrons. The first-order chi connectivity index (χ1) is 6.61. The van der Waals surface area contributed by atoms with Crippen molar-refractivity contribution in [3.8, 4) is 0 Å². The smallest absolute Gasteiger partial charge is 0.266 e. The Morgan fingerprint density at radius 3 is 3.00 bits per heavy atom. The van der Waals surface area contributed by atoms with Gasteiger partial charge in [-0.15, -0.1) is 0 Å². The van der Waals surface area contributed by atoms with Gasteiger partial charge in [-0.3, -0.25) is 4.79 Å². The minimum atomic E-state index is -0.0901. The molecular formula is C9H14IN3O. The Hall–Kier alpha value is -0.590. The number of nitrogens with one attached hydrogen (secondary N) is 2. The highest BCUT2D eigenvalue weighted by Gasteiger charge is 2.03. The maximum Gasteiger partial charge on any atom is 0.266 e. The van der Waals surface area contributed by atoms with Crippen LogP contribution >= 0.6 is 22.6 Å². The molecule has 0 aliphatic rings. The van der Waals surface area contributed by atoms with Crippen molar-refractivity contribution in [2.24, 2.45) is 5.92 Å². The number of aromatic nitrogens is 2. The predicted molar refractivity (Wildman–Crippen MR) is 65.5 cm³/mol. The van der Waals surface area contributed by atoms with Gasteiger partial charge in [0.25, 0.3) is 5.56 Å². The molecule has 1 rings (SSSR count). The van der Waals surface area contributed by atoms with Gasteiger partial charge < -0.3 is 10.3 Å². The van der Waals surface area contributed by atoms with Crippen LogP contribution in [0.2, 0.25) is 0 Å². The molecule has 0 spiro atoms. The van der Waals surface area contributed by atoms with Crippen LogP contribution < -0.4 is 10.9 Å². The van der Waals surface area contributed by atoms with Crippen LogP contribution in [0.3, 0.4) is 0 Å². The van der Waals surface area contributed by atoms with Crippen LogP contribution in [0.15, 0.2) is 11.1 Å². The lowest BCUT2D eigenvalue weighted by Crippen LogP contribution is -2.15. The molecule has 0 fully saturated rings. The molecule has 0 radical (unpaired) electrons. The summed E-state index contributed by atoms with van der Waals surface area (Å²) in [5.74, 6) is 1.33. The fourth-order valence-corrected chi connectivity index (χ4v) is 1.47. The third-order valence-corrected chi connectivity index (χ3v) is 2.81. The topological polar surface area (TPSA) is 57.8 Å². The summed E-state index contributed by atoms with van der Waals surface area (Å²) in [5, 5.41) is 3.15. The molecule has 0 aromatic carbocycles. The summed E-state index contributed by atoms with van der Waals surface area (Å²) in [7, 11) is 0. The third-order valence-electron chi connectivity index (χ3n) is 1.81. The Bertz CT molecular complexity index is 348. The molecule has 0 atom stereocenters. The van der Waals surface area contributed by atoms with Crippen LogP contribution in [0, 0.1) is 9.49 Å². The maximum atomic E-state index is 11.2. The molecular weight excluding hydrogens is 293 g/mol. The van der Waals surface area contributed by atoms with E-state index in [4.69, 9.17) is 0 Å². The van der Waals surface area contributed by atoms with E-state index in [9.17, 15) is 4.79 Å². The van der Waals surface area contributed by atoms with E-state index in [1.165, 1.54) is 6.33 Å². The standard InChI is InChI=1S/C9H14IN3O/c1-6(2)3-4-11-8-7(10)9(14)13-5-12-8/h5-6H,3-4H2,1-2H3,(H2,11,12,13,14). The van der Waals surface area contributed by atoms with E-state index in [0.717, 1.165) is 13.0 Å². The average molecular weight is 307 g/mol. The summed E-state index contributed by atoms with van der Waals surface area (Å²) in [6, 6.07) is 0. The Kier molecular flexibility index (Phi) is 4.37. The lowest BCUT2D eigenvalue weighted by molar-refractivity contribution is 0.606. The summed E-state index contributed by atoms with van der Waals surface area (Å²) in [6.07, 6.45) is 2.49. The summed E-state index contributed by atoms with van der Waals surface area (Å²) in [4.78, 5) is 17.8. The van der Waals surface area contributed by atoms with Gasteiger partial charge in [0, 0.05) is 6.54 Å². The van der Waals surface area contributed by atoms with Crippen LogP contribution in [0.1, 0.15) is 20.3 Å². The van der Waals surface area contributed by atoms with Gasteiger partial charge in [-0.25, -0.2) is 4.98 Å². The molecule has 0 bridgehead atoms. The molecule has 0 saturated carbocycles. The van der Waals surface area contributed by atoms with Gasteiger partial charge in [0.2, 0.25) is 0 Å². The van der Waals surface area contributed by atoms with Crippen molar-refractivity contribution in [1.29, 1.82) is 0 Å². The molecule has 2 N–H and O–H groups in total. The zero-order valence-electron chi connectivity index (χ0n) is 8.30. The SMILES string of the molecule is CC(C)CCNc1nc[nH]c(=O)c1I. The molecule has 1 heterocycles. The molecule has 0 aliphatic carbocycles. The monoisotopic (exact) mass is 307 g/mol. The first-order valence-electron chi connectivity index (χ1n) is 4.58. The second-order valence-electron chi connectivity index (χ2n) is 3.50. The second kappa shape index (κ2) is 5.33. The highest BCUT2D eigenvalue weighted by Crippen LogP contribution is 2.09. The van der Waals surface area contributed by atoms with Crippen molar-refractivity contribution < 1.29 is 0 Å². The fraction of sp³-hybridized carbons (Fsp3) is 0.556. The van der Waals surface area contributed by atoms with E-state index in [1.807, 2.05) is 22.6 Å². The number of rotatable bonds is 4. The van der Waals surface area contributed by atoms with Crippen molar-refractivity contribution in [1.82, 2.24) is 9.97 Å². The summed E-state index contributed by atoms with van der Waals surface area (Å²) >= 11 is 1.99. The van der Waals surface area contributed by atoms with Crippen molar-refractivity contribution in [3.05, 3.63) is 20.3 Å². The van der Waals surface area contributed by atoms with Crippen molar-refractivity contribution in [2.75, 3.05) is 11.9 Å². The predicted octanol–water partition coefficient (Wildman–Crippen LogP) is 1.83. The highest BCUT2D eigenvalue weighted by molar-refractivity contribution is 14.1. The van der Waals surface area contributed by atoms with E-state index in [1.54, 1.807) is 0 Å². The molecule has 0 unspecified atom stereocenters. The number of anilines is 1. The van der Waals surface area contributed by atoms with Crippen LogP contribution in [-0.2, 0) is 0 Å². The second-order valence-corrected chi connectivity index (χ2v) is 4.58. The molecule has 0 amide bonds. The van der Waals surface area contributed by atoms with Crippen molar-refractivity contribution in [2.45, 2.75) is 20.3 Å². The molecule has 0 saturated heterocycles. The Balaban J connectivity index is 2.59. The largest absolute Gasteiger partial charge is 0.369 e. The minimum Gasteiger partial charge on any atom is -0.369 e. The van der Waals surface area contributed by atoms with Gasteiger partial charge in [0.15, 0.2) is 0 Å². The molecule has 1 aromatic rings. The maximum absolute atomic E-state index is 11.2. The molecule has 4 nitrogen and oxygen atoms in total. The van der Waals surface area contributed by atoms with Gasteiger partial charge in [-0.05, 0) is 34.9 Å². The quantitative estimate of drug-likeness (QED) is 0.835. The number of aromatic amines is 1. The van der Waals surface area contributed by atoms with E-state index in [-0.39, 0.29) is 5.56 Å². The Morgan fingerprint density at radius 2 is 2.36 bits per heavy atom. The van der Waals surface area contributed by atoms with E-state index < -0.39 is 0 Å². The Morgan fingerprint density at radius 1 is 1.64 bits per heavy atom. The van der Waals surface area contributed by atoms with E-state index >= 15 is 0 Å². The minimum absolute atomic E-state index is 0.0901. The van der Waals surface area contributed by atoms with Gasteiger partial charge in [-0.2, -0.15) is 0 Å². The van der Waals surface area contributed by atoms with Crippen molar-refractivity contribution in [3.63, 3.8) is 0 Å². The number of nitrogens with zero attached hydrogens (tertiary/aromatic N) is 1. The lowest BCUT2D eigenvalue weighted by atomic mass is 10.1. The van der Waals surface area contributed by atoms with Gasteiger partial charge in [0.1, 0.15) is 9.39 Å². The highest BCUT2D eigenvalue weighted by atomic mass is 127. The summed E-state index contributed by atoms with van der Waals surface area (Å²) in [6.45, 7) is 5.18. The first kappa shape index (κ1) is 11.5. The zero-order valence-corrected chi connectivity index (χ0v) is 10.5. The Labute approximate surface area is 96.7 Å². The van der Waals surface area contributed by atoms with Gasteiger partial charge >= 0.3 is 0 Å². The van der Waals surface area contributed by atoms with Crippen LogP contribution in [0.4, 0.5) is 5.82 Å². The fourth-order valence-electron chi connectivity index (χ4n) is 0.986. The molecule has 1 aromatic heterocycles. The van der Waals surface area contributed by atoms with E-state index in [0.29, 0.717) is 15.3 Å². The van der Waals surface area contributed by atoms with Crippen LogP contribution in [-0.4, -0.2) is 16.5 Å². The van der Waals surface area contributed by atoms with Crippen LogP contribution in [0.25, 0.3) is 0 Å². The van der Waals surface area contributed by atoms with Crippen LogP contribution in [0.5, 0.6) is 0 Å². The summed E-state index contributed by atoms with van der Waals surface area (Å²) < 4.78 is 0.619. The average Bonchev–Trinajstić information content (AvgIpc) is 2.12. The van der Waals surface area contributed by atoms with E-state index in [2.05, 4.69) is 29.1 Å². The van der Waals surface area contributed by atoms with Crippen molar-refractivity contribution >= 4 is 28.4 Å². The number of halogens is 1. The molecule has 14 heavy (non-hydrogen) atoms. The summed E-state index contributed by atoms with van der Waals surface area (Å²) in [5.41, 5.74) is -0.0901. The molecule has 0 aliphatic heterocycles. The molecule has 5 heteroatoms. The number of hydrogen-bond donors (Lipinski definition) is 2. The van der Waals surface area contributed by atoms with Gasteiger partial charge in [0.05, 0.1) is 6.33 Å². The third kappa shape index (κ3) is 3.28. The first-order valence-corrected chi connectivity index (χ1v) is 5.66. The van der Waals surface area contributed by atoms with Gasteiger partial charge in [-0.1, -0.05) is 13.8 Å². The lowest BCUT2D eigenvalue weighted by Gasteiger charge is -2.07.